The number of ether oxygens (including phenoxy) is 4. The van der Waals surface area contributed by atoms with E-state index in [-0.39, 0.29) is 28.0 Å². The van der Waals surface area contributed by atoms with Gasteiger partial charge in [-0.15, -0.1) is 0 Å². The molecule has 0 radical (unpaired) electrons. The van der Waals surface area contributed by atoms with E-state index >= 15 is 0 Å². The van der Waals surface area contributed by atoms with Crippen LogP contribution in [-0.2, 0) is 9.59 Å². The van der Waals surface area contributed by atoms with Crippen molar-refractivity contribution in [3.05, 3.63) is 46.8 Å². The van der Waals surface area contributed by atoms with Crippen molar-refractivity contribution in [1.82, 2.24) is 0 Å². The predicted octanol–water partition coefficient (Wildman–Crippen LogP) is 3.33. The second-order valence-electron chi connectivity index (χ2n) is 6.03. The lowest BCUT2D eigenvalue weighted by molar-refractivity contribution is -0.132. The van der Waals surface area contributed by atoms with E-state index in [4.69, 9.17) is 23.4 Å². The van der Waals surface area contributed by atoms with E-state index in [1.165, 1.54) is 46.5 Å². The predicted molar refractivity (Wildman–Crippen MR) is 104 cm³/mol. The van der Waals surface area contributed by atoms with Crippen molar-refractivity contribution in [2.45, 2.75) is 13.8 Å². The highest BCUT2D eigenvalue weighted by atomic mass is 16.5. The van der Waals surface area contributed by atoms with Crippen LogP contribution in [0.5, 0.6) is 23.0 Å². The summed E-state index contributed by atoms with van der Waals surface area (Å²) in [5.41, 5.74) is 0.432. The lowest BCUT2D eigenvalue weighted by Gasteiger charge is -2.11. The molecule has 0 N–H and O–H groups in total. The number of rotatable bonds is 5. The summed E-state index contributed by atoms with van der Waals surface area (Å²) in [5.74, 6) is -0.238. The Bertz CT molecular complexity index is 1160. The molecule has 0 saturated heterocycles. The van der Waals surface area contributed by atoms with Crippen LogP contribution >= 0.6 is 0 Å². The van der Waals surface area contributed by atoms with Gasteiger partial charge in [0.25, 0.3) is 0 Å². The third kappa shape index (κ3) is 4.06. The van der Waals surface area contributed by atoms with Crippen LogP contribution in [0.15, 0.2) is 45.8 Å². The van der Waals surface area contributed by atoms with Crippen LogP contribution in [0, 0.1) is 0 Å². The van der Waals surface area contributed by atoms with Crippen LogP contribution in [0.25, 0.3) is 22.1 Å². The van der Waals surface area contributed by atoms with E-state index in [9.17, 15) is 14.4 Å². The van der Waals surface area contributed by atoms with Gasteiger partial charge in [0.15, 0.2) is 11.5 Å². The van der Waals surface area contributed by atoms with Crippen molar-refractivity contribution in [1.29, 1.82) is 0 Å². The maximum absolute atomic E-state index is 13.2. The zero-order valence-electron chi connectivity index (χ0n) is 16.2. The molecule has 0 fully saturated rings. The third-order valence-electron chi connectivity index (χ3n) is 4.02. The number of hydrogen-bond donors (Lipinski definition) is 0. The molecule has 1 aromatic heterocycles. The summed E-state index contributed by atoms with van der Waals surface area (Å²) in [6.45, 7) is 2.43. The molecule has 0 aliphatic carbocycles. The molecule has 0 saturated carbocycles. The molecule has 150 valence electrons. The average molecular weight is 398 g/mol. The van der Waals surface area contributed by atoms with E-state index in [1.807, 2.05) is 0 Å². The van der Waals surface area contributed by atoms with Gasteiger partial charge in [-0.3, -0.25) is 14.4 Å². The third-order valence-corrected chi connectivity index (χ3v) is 4.02. The highest BCUT2D eigenvalue weighted by molar-refractivity contribution is 5.91. The van der Waals surface area contributed by atoms with Crippen LogP contribution in [0.2, 0.25) is 0 Å². The summed E-state index contributed by atoms with van der Waals surface area (Å²) in [6.07, 6.45) is 1.28. The first-order valence-corrected chi connectivity index (χ1v) is 8.52. The standard InChI is InChI=1S/C21H18O8/c1-11(22)28-14-8-18-20(19(9-14)29-12(2)23)21(24)15(10-27-18)13-5-6-16(25-3)17(7-13)26-4/h5-10H,1-4H3. The zero-order valence-corrected chi connectivity index (χ0v) is 16.2. The summed E-state index contributed by atoms with van der Waals surface area (Å²) in [4.78, 5) is 36.0. The van der Waals surface area contributed by atoms with E-state index in [1.54, 1.807) is 18.2 Å². The Hall–Kier alpha value is -3.81. The molecule has 3 aromatic rings. The molecule has 2 aromatic carbocycles. The number of fused-ring (bicyclic) bond motifs is 1. The van der Waals surface area contributed by atoms with Crippen molar-refractivity contribution in [2.24, 2.45) is 0 Å². The van der Waals surface area contributed by atoms with Gasteiger partial charge < -0.3 is 23.4 Å². The molecule has 1 heterocycles. The number of methoxy groups -OCH3 is 2. The van der Waals surface area contributed by atoms with Crippen LogP contribution in [0.1, 0.15) is 13.8 Å². The Morgan fingerprint density at radius 2 is 1.55 bits per heavy atom. The van der Waals surface area contributed by atoms with E-state index in [0.717, 1.165) is 0 Å². The lowest BCUT2D eigenvalue weighted by atomic mass is 10.0. The van der Waals surface area contributed by atoms with Crippen molar-refractivity contribution < 1.29 is 33.0 Å². The van der Waals surface area contributed by atoms with E-state index in [2.05, 4.69) is 0 Å². The fourth-order valence-electron chi connectivity index (χ4n) is 2.86. The number of hydrogen-bond acceptors (Lipinski definition) is 8. The van der Waals surface area contributed by atoms with Crippen LogP contribution in [-0.4, -0.2) is 26.2 Å². The highest BCUT2D eigenvalue weighted by Gasteiger charge is 2.18. The normalized spacial score (nSPS) is 10.5. The first-order valence-electron chi connectivity index (χ1n) is 8.52. The van der Waals surface area contributed by atoms with Crippen LogP contribution in [0.4, 0.5) is 0 Å². The van der Waals surface area contributed by atoms with Crippen molar-refractivity contribution in [3.8, 4) is 34.1 Å². The van der Waals surface area contributed by atoms with Crippen molar-refractivity contribution >= 4 is 22.9 Å². The van der Waals surface area contributed by atoms with Gasteiger partial charge in [-0.2, -0.15) is 0 Å². The van der Waals surface area contributed by atoms with Gasteiger partial charge in [0.2, 0.25) is 5.43 Å². The lowest BCUT2D eigenvalue weighted by Crippen LogP contribution is -2.10. The molecule has 0 bridgehead atoms. The fraction of sp³-hybridized carbons (Fsp3) is 0.190. The van der Waals surface area contributed by atoms with Gasteiger partial charge in [0.1, 0.15) is 28.7 Å². The minimum absolute atomic E-state index is 0.0448. The van der Waals surface area contributed by atoms with Crippen LogP contribution in [0.3, 0.4) is 0 Å². The Morgan fingerprint density at radius 1 is 0.862 bits per heavy atom. The molecule has 8 nitrogen and oxygen atoms in total. The number of benzene rings is 2. The minimum atomic E-state index is -0.637. The van der Waals surface area contributed by atoms with Crippen LogP contribution < -0.4 is 24.4 Å². The molecular formula is C21H18O8. The largest absolute Gasteiger partial charge is 0.493 e. The molecule has 3 rings (SSSR count). The Kier molecular flexibility index (Phi) is 5.54. The summed E-state index contributed by atoms with van der Waals surface area (Å²) in [7, 11) is 2.99. The van der Waals surface area contributed by atoms with E-state index < -0.39 is 17.4 Å². The highest BCUT2D eigenvalue weighted by Crippen LogP contribution is 2.34. The smallest absolute Gasteiger partial charge is 0.308 e. The van der Waals surface area contributed by atoms with Gasteiger partial charge >= 0.3 is 11.9 Å². The Morgan fingerprint density at radius 3 is 2.17 bits per heavy atom. The number of carbonyl (C=O) groups is 2. The van der Waals surface area contributed by atoms with Gasteiger partial charge in [-0.05, 0) is 17.7 Å². The second-order valence-corrected chi connectivity index (χ2v) is 6.03. The van der Waals surface area contributed by atoms with Gasteiger partial charge in [-0.25, -0.2) is 0 Å². The minimum Gasteiger partial charge on any atom is -0.493 e. The van der Waals surface area contributed by atoms with Gasteiger partial charge in [-0.1, -0.05) is 6.07 Å². The topological polar surface area (TPSA) is 101 Å². The van der Waals surface area contributed by atoms with Gasteiger partial charge in [0, 0.05) is 26.0 Å². The number of carbonyl (C=O) groups excluding carboxylic acids is 2. The molecule has 0 aliphatic rings. The Labute approximate surface area is 165 Å². The molecule has 0 unspecified atom stereocenters. The molecule has 8 heteroatoms. The molecule has 0 atom stereocenters. The maximum Gasteiger partial charge on any atom is 0.308 e. The maximum atomic E-state index is 13.2. The second kappa shape index (κ2) is 8.05. The molecule has 0 spiro atoms. The SMILES string of the molecule is COc1ccc(-c2coc3cc(OC(C)=O)cc(OC(C)=O)c3c2=O)cc1OC. The Balaban J connectivity index is 2.24. The first-order chi connectivity index (χ1) is 13.8. The molecular weight excluding hydrogens is 380 g/mol. The zero-order chi connectivity index (χ0) is 21.1. The molecule has 0 aliphatic heterocycles. The summed E-state index contributed by atoms with van der Waals surface area (Å²) >= 11 is 0. The number of esters is 2. The average Bonchev–Trinajstić information content (AvgIpc) is 2.66. The summed E-state index contributed by atoms with van der Waals surface area (Å²) < 4.78 is 26.3. The monoisotopic (exact) mass is 398 g/mol. The quantitative estimate of drug-likeness (QED) is 0.476. The van der Waals surface area contributed by atoms with E-state index in [0.29, 0.717) is 17.1 Å². The fourth-order valence-corrected chi connectivity index (χ4v) is 2.86. The van der Waals surface area contributed by atoms with Crippen molar-refractivity contribution in [2.75, 3.05) is 14.2 Å². The summed E-state index contributed by atoms with van der Waals surface area (Å²) in [6, 6.07) is 7.65. The molecule has 29 heavy (non-hydrogen) atoms. The molecule has 0 amide bonds. The van der Waals surface area contributed by atoms with Crippen molar-refractivity contribution in [3.63, 3.8) is 0 Å². The van der Waals surface area contributed by atoms with Gasteiger partial charge in [0.05, 0.1) is 19.8 Å². The first kappa shape index (κ1) is 19.9. The summed E-state index contributed by atoms with van der Waals surface area (Å²) in [5, 5.41) is 0.0448.